The van der Waals surface area contributed by atoms with Crippen LogP contribution in [0, 0.1) is 5.92 Å². The SMILES string of the molecule is [B][C@@H]1O[C@H](CSP(O)(O)=S)[C@@H](OC(C)C)C1C. The fourth-order valence-electron chi connectivity index (χ4n) is 1.76. The third-order valence-corrected chi connectivity index (χ3v) is 5.79. The second kappa shape index (κ2) is 6.37. The molecule has 0 aromatic heterocycles. The molecule has 2 N–H and O–H groups in total. The predicted octanol–water partition coefficient (Wildman–Crippen LogP) is 1.25. The molecule has 0 bridgehead atoms. The highest BCUT2D eigenvalue weighted by Crippen LogP contribution is 2.51. The summed E-state index contributed by atoms with van der Waals surface area (Å²) in [6, 6.07) is -0.375. The Bertz CT molecular complexity index is 299. The average molecular weight is 296 g/mol. The zero-order valence-electron chi connectivity index (χ0n) is 10.1. The van der Waals surface area contributed by atoms with Gasteiger partial charge in [0.15, 0.2) is 0 Å². The molecule has 1 aliphatic heterocycles. The third kappa shape index (κ3) is 5.19. The van der Waals surface area contributed by atoms with Crippen molar-refractivity contribution in [2.45, 2.75) is 45.1 Å². The molecule has 1 saturated heterocycles. The van der Waals surface area contributed by atoms with E-state index < -0.39 is 5.69 Å². The molecule has 0 aromatic carbocycles. The van der Waals surface area contributed by atoms with Gasteiger partial charge < -0.3 is 19.3 Å². The van der Waals surface area contributed by atoms with Crippen LogP contribution < -0.4 is 0 Å². The predicted molar refractivity (Wildman–Crippen MR) is 74.8 cm³/mol. The van der Waals surface area contributed by atoms with Crippen LogP contribution in [0.1, 0.15) is 20.8 Å². The van der Waals surface area contributed by atoms with Crippen LogP contribution >= 0.6 is 17.1 Å². The lowest BCUT2D eigenvalue weighted by molar-refractivity contribution is -0.0392. The van der Waals surface area contributed by atoms with Crippen LogP contribution in [0.4, 0.5) is 0 Å². The lowest BCUT2D eigenvalue weighted by Gasteiger charge is -2.24. The molecule has 4 nitrogen and oxygen atoms in total. The molecule has 0 aliphatic carbocycles. The highest BCUT2D eigenvalue weighted by molar-refractivity contribution is 8.67. The van der Waals surface area contributed by atoms with E-state index in [0.29, 0.717) is 5.75 Å². The first kappa shape index (κ1) is 16.0. The van der Waals surface area contributed by atoms with E-state index in [9.17, 15) is 9.79 Å². The summed E-state index contributed by atoms with van der Waals surface area (Å²) in [5.41, 5.74) is -3.24. The minimum Gasteiger partial charge on any atom is -0.381 e. The van der Waals surface area contributed by atoms with Crippen molar-refractivity contribution >= 4 is 36.7 Å². The van der Waals surface area contributed by atoms with Crippen LogP contribution in [0.25, 0.3) is 0 Å². The Kier molecular flexibility index (Phi) is 5.98. The van der Waals surface area contributed by atoms with Crippen molar-refractivity contribution in [1.82, 2.24) is 0 Å². The van der Waals surface area contributed by atoms with Crippen molar-refractivity contribution in [2.24, 2.45) is 5.92 Å². The molecule has 0 saturated carbocycles. The Hall–Kier alpha value is 0.905. The van der Waals surface area contributed by atoms with Gasteiger partial charge in [-0.15, -0.1) is 0 Å². The van der Waals surface area contributed by atoms with E-state index in [-0.39, 0.29) is 30.2 Å². The molecule has 1 rings (SSSR count). The average Bonchev–Trinajstić information content (AvgIpc) is 2.41. The first-order chi connectivity index (χ1) is 7.70. The van der Waals surface area contributed by atoms with Crippen molar-refractivity contribution in [3.05, 3.63) is 0 Å². The molecule has 17 heavy (non-hydrogen) atoms. The number of ether oxygens (including phenoxy) is 2. The van der Waals surface area contributed by atoms with Crippen molar-refractivity contribution in [1.29, 1.82) is 0 Å². The molecule has 0 aromatic rings. The normalized spacial score (nSPS) is 34.5. The molecule has 1 fully saturated rings. The van der Waals surface area contributed by atoms with Gasteiger partial charge >= 0.3 is 0 Å². The molecule has 1 unspecified atom stereocenters. The van der Waals surface area contributed by atoms with Crippen LogP contribution in [0.3, 0.4) is 0 Å². The number of rotatable bonds is 5. The van der Waals surface area contributed by atoms with Crippen LogP contribution in [0.15, 0.2) is 0 Å². The summed E-state index contributed by atoms with van der Waals surface area (Å²) in [4.78, 5) is 18.4. The van der Waals surface area contributed by atoms with Gasteiger partial charge in [-0.2, -0.15) is 0 Å². The largest absolute Gasteiger partial charge is 0.381 e. The molecule has 4 atom stereocenters. The third-order valence-electron chi connectivity index (χ3n) is 2.57. The van der Waals surface area contributed by atoms with Crippen LogP contribution in [-0.4, -0.2) is 47.7 Å². The molecule has 8 heteroatoms. The summed E-state index contributed by atoms with van der Waals surface area (Å²) in [5.74, 6) is 0.470. The van der Waals surface area contributed by atoms with Gasteiger partial charge in [-0.1, -0.05) is 18.3 Å². The smallest absolute Gasteiger partial charge is 0.242 e. The Morgan fingerprint density at radius 1 is 1.53 bits per heavy atom. The Balaban J connectivity index is 2.59. The van der Waals surface area contributed by atoms with Gasteiger partial charge in [0.05, 0.1) is 18.3 Å². The highest BCUT2D eigenvalue weighted by atomic mass is 32.9. The van der Waals surface area contributed by atoms with E-state index in [0.717, 1.165) is 11.4 Å². The van der Waals surface area contributed by atoms with E-state index in [1.807, 2.05) is 20.8 Å². The molecular weight excluding hydrogens is 278 g/mol. The molecular formula is C9H18BO4PS2. The maximum absolute atomic E-state index is 9.19. The van der Waals surface area contributed by atoms with E-state index in [4.69, 9.17) is 17.3 Å². The van der Waals surface area contributed by atoms with Gasteiger partial charge in [-0.25, -0.2) is 0 Å². The van der Waals surface area contributed by atoms with Gasteiger partial charge in [0.25, 0.3) is 0 Å². The molecule has 1 heterocycles. The zero-order valence-corrected chi connectivity index (χ0v) is 12.7. The van der Waals surface area contributed by atoms with Gasteiger partial charge in [0.1, 0.15) is 7.85 Å². The monoisotopic (exact) mass is 296 g/mol. The second-order valence-electron chi connectivity index (χ2n) is 4.43. The maximum atomic E-state index is 9.19. The second-order valence-corrected chi connectivity index (χ2v) is 10.5. The fourth-order valence-corrected chi connectivity index (χ4v) is 3.94. The zero-order chi connectivity index (χ0) is 13.2. The lowest BCUT2D eigenvalue weighted by atomic mass is 9.86. The lowest BCUT2D eigenvalue weighted by Crippen LogP contribution is -2.33. The summed E-state index contributed by atoms with van der Waals surface area (Å²) < 4.78 is 11.3. The van der Waals surface area contributed by atoms with Crippen molar-refractivity contribution in [3.63, 3.8) is 0 Å². The highest BCUT2D eigenvalue weighted by Gasteiger charge is 2.40. The summed E-state index contributed by atoms with van der Waals surface area (Å²) in [7, 11) is 5.82. The summed E-state index contributed by atoms with van der Waals surface area (Å²) in [6.45, 7) is 5.86. The summed E-state index contributed by atoms with van der Waals surface area (Å²) >= 11 is 5.50. The van der Waals surface area contributed by atoms with Gasteiger partial charge in [-0.3, -0.25) is 0 Å². The van der Waals surface area contributed by atoms with Crippen LogP contribution in [0.2, 0.25) is 0 Å². The van der Waals surface area contributed by atoms with Crippen LogP contribution in [0.5, 0.6) is 0 Å². The Morgan fingerprint density at radius 2 is 2.12 bits per heavy atom. The van der Waals surface area contributed by atoms with Crippen molar-refractivity contribution < 1.29 is 19.3 Å². The Labute approximate surface area is 113 Å². The minimum atomic E-state index is -3.24. The molecule has 1 aliphatic rings. The van der Waals surface area contributed by atoms with E-state index in [2.05, 4.69) is 11.8 Å². The maximum Gasteiger partial charge on any atom is 0.242 e. The van der Waals surface area contributed by atoms with Crippen molar-refractivity contribution in [3.8, 4) is 0 Å². The molecule has 2 radical (unpaired) electrons. The first-order valence-corrected chi connectivity index (χ1v) is 9.77. The van der Waals surface area contributed by atoms with Gasteiger partial charge in [0.2, 0.25) is 5.69 Å². The standard InChI is InChI=1S/C9H18BO4PS2/c1-5(2)13-8-6(3)9(10)14-7(8)4-17-15(11,12)16/h5-9H,4H2,1-3H3,(H2,11,12,16)/t6?,7-,8+,9-/m1/s1. The van der Waals surface area contributed by atoms with Crippen molar-refractivity contribution in [2.75, 3.05) is 5.75 Å². The Morgan fingerprint density at radius 3 is 2.59 bits per heavy atom. The number of hydrogen-bond donors (Lipinski definition) is 2. The van der Waals surface area contributed by atoms with Gasteiger partial charge in [-0.05, 0) is 25.7 Å². The fraction of sp³-hybridized carbons (Fsp3) is 1.00. The van der Waals surface area contributed by atoms with Crippen LogP contribution in [-0.2, 0) is 21.3 Å². The summed E-state index contributed by atoms with van der Waals surface area (Å²) in [6.07, 6.45) is -0.289. The molecule has 98 valence electrons. The topological polar surface area (TPSA) is 58.9 Å². The van der Waals surface area contributed by atoms with E-state index in [1.165, 1.54) is 0 Å². The van der Waals surface area contributed by atoms with Gasteiger partial charge in [0, 0.05) is 17.7 Å². The summed E-state index contributed by atoms with van der Waals surface area (Å²) in [5, 5.41) is 0. The molecule has 0 spiro atoms. The van der Waals surface area contributed by atoms with E-state index in [1.54, 1.807) is 0 Å². The van der Waals surface area contributed by atoms with E-state index >= 15 is 0 Å². The minimum absolute atomic E-state index is 0.0788. The quantitative estimate of drug-likeness (QED) is 0.588. The number of hydrogen-bond acceptors (Lipinski definition) is 4. The first-order valence-electron chi connectivity index (χ1n) is 5.47. The molecule has 0 amide bonds.